The Morgan fingerprint density at radius 1 is 0.415 bits per heavy atom. The van der Waals surface area contributed by atoms with Crippen molar-refractivity contribution < 1.29 is 8.83 Å². The number of hydrogen-bond donors (Lipinski definition) is 0. The standard InChI is InChI=1S/C59H42N4O2/c1-59(2)48-17-7-11-21-53(48)63(54-37-30-43(38-49(54)59)58-61-51-19-9-13-23-56(51)65-58)46-33-26-40(27-34-46)39-24-31-44(32-25-39)62(52-20-10-6-16-47(52)41-14-4-3-5-15-41)45-35-28-42(29-36-45)57-60-50-18-8-12-22-55(50)64-57/h3-38H,1-2H3. The molecule has 1 aliphatic rings. The predicted octanol–water partition coefficient (Wildman–Crippen LogP) is 16.2. The molecule has 0 bridgehead atoms. The van der Waals surface area contributed by atoms with Crippen LogP contribution in [-0.2, 0) is 5.41 Å². The number of nitrogens with zero attached hydrogens (tertiary/aromatic N) is 4. The second-order valence-electron chi connectivity index (χ2n) is 17.0. The molecule has 0 saturated carbocycles. The molecule has 0 N–H and O–H groups in total. The average molecular weight is 839 g/mol. The van der Waals surface area contributed by atoms with Crippen LogP contribution in [0.2, 0.25) is 0 Å². The van der Waals surface area contributed by atoms with Crippen LogP contribution < -0.4 is 9.80 Å². The van der Waals surface area contributed by atoms with Crippen molar-refractivity contribution >= 4 is 56.3 Å². The maximum absolute atomic E-state index is 6.23. The lowest BCUT2D eigenvalue weighted by Gasteiger charge is -2.42. The fraction of sp³-hybridized carbons (Fsp3) is 0.0508. The molecule has 0 fully saturated rings. The Balaban J connectivity index is 0.890. The quantitative estimate of drug-likeness (QED) is 0.152. The van der Waals surface area contributed by atoms with Crippen LogP contribution in [0.4, 0.5) is 34.1 Å². The van der Waals surface area contributed by atoms with Gasteiger partial charge in [0.15, 0.2) is 11.2 Å². The summed E-state index contributed by atoms with van der Waals surface area (Å²) in [5.74, 6) is 1.23. The molecule has 65 heavy (non-hydrogen) atoms. The largest absolute Gasteiger partial charge is 0.436 e. The van der Waals surface area contributed by atoms with Crippen LogP contribution in [-0.4, -0.2) is 9.97 Å². The third-order valence-electron chi connectivity index (χ3n) is 12.8. The summed E-state index contributed by atoms with van der Waals surface area (Å²) < 4.78 is 12.4. The van der Waals surface area contributed by atoms with Crippen molar-refractivity contribution in [3.05, 3.63) is 230 Å². The summed E-state index contributed by atoms with van der Waals surface area (Å²) in [7, 11) is 0. The zero-order chi connectivity index (χ0) is 43.5. The summed E-state index contributed by atoms with van der Waals surface area (Å²) >= 11 is 0. The van der Waals surface area contributed by atoms with Gasteiger partial charge >= 0.3 is 0 Å². The Bertz CT molecular complexity index is 3450. The molecule has 6 nitrogen and oxygen atoms in total. The number of aromatic nitrogens is 2. The molecule has 6 heteroatoms. The lowest BCUT2D eigenvalue weighted by Crippen LogP contribution is -2.30. The zero-order valence-electron chi connectivity index (χ0n) is 35.9. The van der Waals surface area contributed by atoms with Crippen molar-refractivity contribution in [3.63, 3.8) is 0 Å². The average Bonchev–Trinajstić information content (AvgIpc) is 4.01. The van der Waals surface area contributed by atoms with E-state index in [1.54, 1.807) is 0 Å². The maximum atomic E-state index is 6.23. The van der Waals surface area contributed by atoms with Crippen molar-refractivity contribution in [2.45, 2.75) is 19.3 Å². The lowest BCUT2D eigenvalue weighted by molar-refractivity contribution is 0.615. The maximum Gasteiger partial charge on any atom is 0.227 e. The molecule has 0 saturated heterocycles. The summed E-state index contributed by atoms with van der Waals surface area (Å²) in [4.78, 5) is 14.3. The molecule has 0 aliphatic carbocycles. The van der Waals surface area contributed by atoms with Crippen LogP contribution >= 0.6 is 0 Å². The van der Waals surface area contributed by atoms with E-state index in [4.69, 9.17) is 18.8 Å². The zero-order valence-corrected chi connectivity index (χ0v) is 35.9. The van der Waals surface area contributed by atoms with Crippen LogP contribution in [0.1, 0.15) is 25.0 Å². The molecule has 11 aromatic rings. The molecule has 0 spiro atoms. The minimum atomic E-state index is -0.255. The molecule has 9 aromatic carbocycles. The number of benzene rings is 9. The molecule has 0 atom stereocenters. The van der Waals surface area contributed by atoms with E-state index in [9.17, 15) is 0 Å². The van der Waals surface area contributed by atoms with Crippen LogP contribution in [0.5, 0.6) is 0 Å². The Hall–Kier alpha value is -8.48. The second kappa shape index (κ2) is 15.4. The first-order chi connectivity index (χ1) is 32.0. The van der Waals surface area contributed by atoms with Gasteiger partial charge in [-0.2, -0.15) is 0 Å². The van der Waals surface area contributed by atoms with Crippen molar-refractivity contribution in [1.29, 1.82) is 0 Å². The monoisotopic (exact) mass is 838 g/mol. The highest BCUT2D eigenvalue weighted by molar-refractivity contribution is 5.91. The minimum Gasteiger partial charge on any atom is -0.436 e. The number of anilines is 6. The number of para-hydroxylation sites is 6. The van der Waals surface area contributed by atoms with E-state index in [0.29, 0.717) is 11.8 Å². The number of rotatable bonds is 8. The van der Waals surface area contributed by atoms with Gasteiger partial charge in [-0.3, -0.25) is 0 Å². The first kappa shape index (κ1) is 38.2. The lowest BCUT2D eigenvalue weighted by atomic mass is 9.73. The molecule has 12 rings (SSSR count). The van der Waals surface area contributed by atoms with Gasteiger partial charge in [0, 0.05) is 39.2 Å². The van der Waals surface area contributed by atoms with Crippen LogP contribution in [0.25, 0.3) is 67.4 Å². The highest BCUT2D eigenvalue weighted by Gasteiger charge is 2.37. The van der Waals surface area contributed by atoms with Gasteiger partial charge < -0.3 is 18.6 Å². The summed E-state index contributed by atoms with van der Waals surface area (Å²) in [6.07, 6.45) is 0. The molecule has 0 radical (unpaired) electrons. The molecule has 3 heterocycles. The van der Waals surface area contributed by atoms with E-state index in [0.717, 1.165) is 84.0 Å². The van der Waals surface area contributed by atoms with Crippen molar-refractivity contribution in [1.82, 2.24) is 9.97 Å². The van der Waals surface area contributed by atoms with E-state index in [1.165, 1.54) is 16.8 Å². The van der Waals surface area contributed by atoms with Gasteiger partial charge in [-0.1, -0.05) is 129 Å². The Morgan fingerprint density at radius 2 is 0.923 bits per heavy atom. The third-order valence-corrected chi connectivity index (χ3v) is 12.8. The first-order valence-corrected chi connectivity index (χ1v) is 22.0. The molecule has 0 amide bonds. The van der Waals surface area contributed by atoms with Gasteiger partial charge in [-0.25, -0.2) is 9.97 Å². The van der Waals surface area contributed by atoms with E-state index in [-0.39, 0.29) is 5.41 Å². The Labute approximate surface area is 377 Å². The number of hydrogen-bond acceptors (Lipinski definition) is 6. The van der Waals surface area contributed by atoms with Gasteiger partial charge in [0.1, 0.15) is 11.0 Å². The van der Waals surface area contributed by atoms with E-state index < -0.39 is 0 Å². The van der Waals surface area contributed by atoms with Crippen molar-refractivity contribution in [2.75, 3.05) is 9.80 Å². The van der Waals surface area contributed by atoms with E-state index in [2.05, 4.69) is 194 Å². The van der Waals surface area contributed by atoms with Crippen LogP contribution in [0, 0.1) is 0 Å². The summed E-state index contributed by atoms with van der Waals surface area (Å²) in [6, 6.07) is 76.6. The normalized spacial score (nSPS) is 12.9. The third kappa shape index (κ3) is 6.66. The van der Waals surface area contributed by atoms with Gasteiger partial charge in [0.05, 0.1) is 17.1 Å². The topological polar surface area (TPSA) is 58.5 Å². The highest BCUT2D eigenvalue weighted by Crippen LogP contribution is 2.53. The van der Waals surface area contributed by atoms with Crippen molar-refractivity contribution in [3.8, 4) is 45.2 Å². The van der Waals surface area contributed by atoms with E-state index >= 15 is 0 Å². The van der Waals surface area contributed by atoms with E-state index in [1.807, 2.05) is 48.5 Å². The summed E-state index contributed by atoms with van der Waals surface area (Å²) in [5.41, 5.74) is 18.5. The fourth-order valence-electron chi connectivity index (χ4n) is 9.42. The number of oxazole rings is 2. The Kier molecular flexibility index (Phi) is 9.05. The highest BCUT2D eigenvalue weighted by atomic mass is 16.4. The smallest absolute Gasteiger partial charge is 0.227 e. The molecular weight excluding hydrogens is 797 g/mol. The summed E-state index contributed by atoms with van der Waals surface area (Å²) in [6.45, 7) is 4.61. The minimum absolute atomic E-state index is 0.255. The van der Waals surface area contributed by atoms with Crippen molar-refractivity contribution in [2.24, 2.45) is 0 Å². The molecule has 310 valence electrons. The fourth-order valence-corrected chi connectivity index (χ4v) is 9.42. The van der Waals surface area contributed by atoms with Crippen LogP contribution in [0.15, 0.2) is 227 Å². The van der Waals surface area contributed by atoms with Gasteiger partial charge in [0.2, 0.25) is 11.8 Å². The summed E-state index contributed by atoms with van der Waals surface area (Å²) in [5, 5.41) is 0. The van der Waals surface area contributed by atoms with Gasteiger partial charge in [0.25, 0.3) is 0 Å². The van der Waals surface area contributed by atoms with Gasteiger partial charge in [-0.15, -0.1) is 0 Å². The van der Waals surface area contributed by atoms with Gasteiger partial charge in [-0.05, 0) is 131 Å². The predicted molar refractivity (Wildman–Crippen MR) is 265 cm³/mol. The first-order valence-electron chi connectivity index (χ1n) is 22.0. The molecule has 0 unspecified atom stereocenters. The number of fused-ring (bicyclic) bond motifs is 4. The van der Waals surface area contributed by atoms with Crippen LogP contribution in [0.3, 0.4) is 0 Å². The molecular formula is C59H42N4O2. The second-order valence-corrected chi connectivity index (χ2v) is 17.0. The Morgan fingerprint density at radius 3 is 1.58 bits per heavy atom. The SMILES string of the molecule is CC1(C)c2ccccc2N(c2ccc(-c3ccc(N(c4ccc(-c5nc6ccccc6o5)cc4)c4ccccc4-c4ccccc4)cc3)cc2)c2ccc(-c3nc4ccccc4o3)cc21. The molecule has 1 aliphatic heterocycles. The molecule has 2 aromatic heterocycles.